The molecule has 0 unspecified atom stereocenters. The Morgan fingerprint density at radius 2 is 0.656 bits per heavy atom. The Labute approximate surface area is 213 Å². The Morgan fingerprint density at radius 3 is 0.875 bits per heavy atom. The van der Waals surface area contributed by atoms with Crippen molar-refractivity contribution in [3.8, 4) is 0 Å². The van der Waals surface area contributed by atoms with E-state index in [-0.39, 0.29) is 0 Å². The van der Waals surface area contributed by atoms with Crippen molar-refractivity contribution in [1.82, 2.24) is 5.32 Å². The number of unbranched alkanes of at least 4 members (excludes halogenated alkanes) is 24. The van der Waals surface area contributed by atoms with E-state index < -0.39 is 0 Å². The van der Waals surface area contributed by atoms with E-state index in [0.717, 1.165) is 13.1 Å². The van der Waals surface area contributed by atoms with Crippen LogP contribution in [0.25, 0.3) is 0 Å². The summed E-state index contributed by atoms with van der Waals surface area (Å²) in [6, 6.07) is 0. The normalized spacial score (nSPS) is 11.2. The molecule has 0 fully saturated rings. The summed E-state index contributed by atoms with van der Waals surface area (Å²) in [5, 5.41) is 3.11. The summed E-state index contributed by atoms with van der Waals surface area (Å²) in [5.41, 5.74) is 5.53. The molecule has 0 bridgehead atoms. The second-order valence-corrected chi connectivity index (χ2v) is 11.0. The van der Waals surface area contributed by atoms with Crippen LogP contribution in [0.5, 0.6) is 0 Å². The zero-order valence-corrected chi connectivity index (χ0v) is 23.2. The zero-order chi connectivity index (χ0) is 23.4. The van der Waals surface area contributed by atoms with E-state index in [0.29, 0.717) is 4.32 Å². The molecule has 0 amide bonds. The van der Waals surface area contributed by atoms with Crippen molar-refractivity contribution in [2.24, 2.45) is 5.73 Å². The van der Waals surface area contributed by atoms with E-state index in [1.165, 1.54) is 161 Å². The molecule has 0 aliphatic rings. The number of hydrogen-bond acceptors (Lipinski definition) is 2. The van der Waals surface area contributed by atoms with Gasteiger partial charge in [0.1, 0.15) is 4.32 Å². The molecule has 192 valence electrons. The first-order chi connectivity index (χ1) is 15.8. The Hall–Kier alpha value is 0.200. The van der Waals surface area contributed by atoms with Crippen LogP contribution in [0.2, 0.25) is 0 Å². The molecule has 0 rings (SSSR count). The lowest BCUT2D eigenvalue weighted by molar-refractivity contribution is 0.515. The highest BCUT2D eigenvalue weighted by Gasteiger charge is 1.96. The maximum Gasteiger partial charge on any atom is 0.130 e. The predicted octanol–water partition coefficient (Wildman–Crippen LogP) is 9.50. The lowest BCUT2D eigenvalue weighted by Crippen LogP contribution is -2.17. The van der Waals surface area contributed by atoms with Gasteiger partial charge in [0.05, 0.1) is 0 Å². The maximum absolute atomic E-state index is 5.53. The number of nitrogens with two attached hydrogens (primary N) is 1. The fourth-order valence-corrected chi connectivity index (χ4v) is 4.74. The Balaban J connectivity index is 3.00. The molecule has 0 heterocycles. The molecule has 0 saturated heterocycles. The van der Waals surface area contributed by atoms with Gasteiger partial charge in [-0.05, 0) is 19.4 Å². The van der Waals surface area contributed by atoms with Crippen LogP contribution >= 0.6 is 24.8 Å². The lowest BCUT2D eigenvalue weighted by atomic mass is 10.0. The van der Waals surface area contributed by atoms with Crippen molar-refractivity contribution in [1.29, 1.82) is 0 Å². The largest absolute Gasteiger partial charge is 0.371 e. The molecule has 0 saturated carbocycles. The molecule has 0 aromatic heterocycles. The zero-order valence-electron chi connectivity index (χ0n) is 21.5. The Kier molecular flexibility index (Phi) is 29.4. The molecule has 0 aliphatic carbocycles. The minimum Gasteiger partial charge on any atom is -0.371 e. The van der Waals surface area contributed by atoms with Gasteiger partial charge in [0.25, 0.3) is 0 Å². The SMILES string of the molecule is NCCCCCCCCCCCCCCCCCCCCCCCCCCCNC(=S)S. The first-order valence-electron chi connectivity index (χ1n) is 14.4. The number of thiol groups is 1. The van der Waals surface area contributed by atoms with Crippen LogP contribution in [0.1, 0.15) is 161 Å². The smallest absolute Gasteiger partial charge is 0.130 e. The molecule has 32 heavy (non-hydrogen) atoms. The second kappa shape index (κ2) is 29.2. The van der Waals surface area contributed by atoms with E-state index in [4.69, 9.17) is 18.0 Å². The van der Waals surface area contributed by atoms with Crippen molar-refractivity contribution in [3.63, 3.8) is 0 Å². The van der Waals surface area contributed by atoms with Gasteiger partial charge in [-0.2, -0.15) is 0 Å². The van der Waals surface area contributed by atoms with Crippen LogP contribution in [0.15, 0.2) is 0 Å². The maximum atomic E-state index is 5.53. The highest BCUT2D eigenvalue weighted by Crippen LogP contribution is 2.15. The summed E-state index contributed by atoms with van der Waals surface area (Å²) >= 11 is 8.96. The summed E-state index contributed by atoms with van der Waals surface area (Å²) in [6.07, 6.45) is 35.5. The molecular formula is C28H58N2S2. The van der Waals surface area contributed by atoms with Gasteiger partial charge in [-0.1, -0.05) is 160 Å². The average Bonchev–Trinajstić information content (AvgIpc) is 2.78. The fourth-order valence-electron chi connectivity index (χ4n) is 4.53. The molecular weight excluding hydrogens is 428 g/mol. The van der Waals surface area contributed by atoms with Gasteiger partial charge in [-0.3, -0.25) is 0 Å². The molecule has 0 atom stereocenters. The summed E-state index contributed by atoms with van der Waals surface area (Å²) in [5.74, 6) is 0. The summed E-state index contributed by atoms with van der Waals surface area (Å²) < 4.78 is 0.627. The third kappa shape index (κ3) is 30.2. The van der Waals surface area contributed by atoms with Crippen LogP contribution in [0.4, 0.5) is 0 Å². The highest BCUT2D eigenvalue weighted by molar-refractivity contribution is 8.11. The molecule has 0 aromatic carbocycles. The van der Waals surface area contributed by atoms with Gasteiger partial charge in [-0.25, -0.2) is 0 Å². The standard InChI is InChI=1S/C28H58N2S2/c29-26-24-22-20-18-16-14-12-10-8-6-4-2-1-3-5-7-9-11-13-15-17-19-21-23-25-27-30-28(31)32/h1-27,29H2,(H2,30,31,32). The van der Waals surface area contributed by atoms with E-state index in [1.54, 1.807) is 0 Å². The topological polar surface area (TPSA) is 38.0 Å². The lowest BCUT2D eigenvalue weighted by Gasteiger charge is -2.05. The average molecular weight is 487 g/mol. The van der Waals surface area contributed by atoms with E-state index in [1.807, 2.05) is 0 Å². The first-order valence-corrected chi connectivity index (χ1v) is 15.3. The molecule has 4 heteroatoms. The van der Waals surface area contributed by atoms with Crippen molar-refractivity contribution in [2.75, 3.05) is 13.1 Å². The van der Waals surface area contributed by atoms with Crippen LogP contribution in [-0.2, 0) is 0 Å². The Morgan fingerprint density at radius 1 is 0.438 bits per heavy atom. The second-order valence-electron chi connectivity index (χ2n) is 9.86. The van der Waals surface area contributed by atoms with Crippen molar-refractivity contribution >= 4 is 29.2 Å². The van der Waals surface area contributed by atoms with Gasteiger partial charge in [0.2, 0.25) is 0 Å². The van der Waals surface area contributed by atoms with Crippen LogP contribution in [0.3, 0.4) is 0 Å². The number of nitrogens with one attached hydrogen (secondary N) is 1. The van der Waals surface area contributed by atoms with E-state index >= 15 is 0 Å². The molecule has 2 nitrogen and oxygen atoms in total. The summed E-state index contributed by atoms with van der Waals surface area (Å²) in [7, 11) is 0. The van der Waals surface area contributed by atoms with Crippen molar-refractivity contribution < 1.29 is 0 Å². The number of rotatable bonds is 27. The predicted molar refractivity (Wildman–Crippen MR) is 154 cm³/mol. The third-order valence-electron chi connectivity index (χ3n) is 6.66. The number of thiocarbonyl (C=S) groups is 1. The van der Waals surface area contributed by atoms with Gasteiger partial charge >= 0.3 is 0 Å². The van der Waals surface area contributed by atoms with E-state index in [2.05, 4.69) is 17.9 Å². The van der Waals surface area contributed by atoms with Crippen LogP contribution in [-0.4, -0.2) is 17.4 Å². The molecule has 0 aromatic rings. The van der Waals surface area contributed by atoms with Gasteiger partial charge < -0.3 is 11.1 Å². The minimum atomic E-state index is 0.627. The van der Waals surface area contributed by atoms with E-state index in [9.17, 15) is 0 Å². The van der Waals surface area contributed by atoms with Gasteiger partial charge in [-0.15, -0.1) is 12.6 Å². The van der Waals surface area contributed by atoms with Crippen molar-refractivity contribution in [3.05, 3.63) is 0 Å². The molecule has 0 spiro atoms. The van der Waals surface area contributed by atoms with Crippen molar-refractivity contribution in [2.45, 2.75) is 161 Å². The summed E-state index contributed by atoms with van der Waals surface area (Å²) in [6.45, 7) is 1.85. The minimum absolute atomic E-state index is 0.627. The first kappa shape index (κ1) is 32.2. The number of hydrogen-bond donors (Lipinski definition) is 3. The van der Waals surface area contributed by atoms with Gasteiger partial charge in [0.15, 0.2) is 0 Å². The Bertz CT molecular complexity index is 363. The highest BCUT2D eigenvalue weighted by atomic mass is 32.1. The monoisotopic (exact) mass is 486 g/mol. The fraction of sp³-hybridized carbons (Fsp3) is 0.964. The van der Waals surface area contributed by atoms with Crippen LogP contribution < -0.4 is 11.1 Å². The van der Waals surface area contributed by atoms with Crippen LogP contribution in [0, 0.1) is 0 Å². The summed E-state index contributed by atoms with van der Waals surface area (Å²) in [4.78, 5) is 0. The quantitative estimate of drug-likeness (QED) is 0.0614. The molecule has 0 radical (unpaired) electrons. The van der Waals surface area contributed by atoms with Gasteiger partial charge in [0, 0.05) is 6.54 Å². The molecule has 3 N–H and O–H groups in total. The third-order valence-corrected chi connectivity index (χ3v) is 6.96. The molecule has 0 aliphatic heterocycles.